The van der Waals surface area contributed by atoms with Crippen LogP contribution in [-0.2, 0) is 4.43 Å². The zero-order valence-electron chi connectivity index (χ0n) is 20.7. The van der Waals surface area contributed by atoms with Crippen LogP contribution in [0, 0.1) is 0 Å². The van der Waals surface area contributed by atoms with Crippen molar-refractivity contribution in [2.75, 3.05) is 31.1 Å². The van der Waals surface area contributed by atoms with E-state index in [-0.39, 0.29) is 23.1 Å². The molecule has 2 aromatic carbocycles. The number of hydrogen-bond donors (Lipinski definition) is 0. The highest BCUT2D eigenvalue weighted by atomic mass is 32.1. The molecule has 2 saturated heterocycles. The summed E-state index contributed by atoms with van der Waals surface area (Å²) < 4.78 is 7.18. The van der Waals surface area contributed by atoms with Crippen molar-refractivity contribution in [1.82, 2.24) is 9.88 Å². The molecule has 0 atom stereocenters. The normalized spacial score (nSPS) is 16.8. The van der Waals surface area contributed by atoms with Gasteiger partial charge < -0.3 is 14.2 Å². The number of azide groups is 1. The molecule has 1 amide bonds. The summed E-state index contributed by atoms with van der Waals surface area (Å²) in [6.45, 7) is 9.26. The van der Waals surface area contributed by atoms with E-state index in [0.717, 1.165) is 18.2 Å². The molecule has 0 N–H and O–H groups in total. The Kier molecular flexibility index (Phi) is 6.61. The minimum Gasteiger partial charge on any atom is -0.401 e. The topological polar surface area (TPSA) is 94.4 Å². The van der Waals surface area contributed by atoms with Crippen LogP contribution < -0.4 is 15.3 Å². The van der Waals surface area contributed by atoms with E-state index in [1.807, 2.05) is 5.38 Å². The third-order valence-electron chi connectivity index (χ3n) is 6.95. The average molecular weight is 519 g/mol. The minimum atomic E-state index is -2.59. The van der Waals surface area contributed by atoms with Gasteiger partial charge in [-0.15, -0.1) is 11.3 Å². The largest absolute Gasteiger partial charge is 0.401 e. The second-order valence-electron chi connectivity index (χ2n) is 10.4. The third kappa shape index (κ3) is 4.41. The molecule has 0 aliphatic carbocycles. The molecule has 186 valence electrons. The van der Waals surface area contributed by atoms with Crippen molar-refractivity contribution in [2.45, 2.75) is 38.0 Å². The fourth-order valence-corrected chi connectivity index (χ4v) is 10.5. The minimum absolute atomic E-state index is 0.0679. The Hall–Kier alpha value is -3.17. The lowest BCUT2D eigenvalue weighted by Gasteiger charge is -2.49. The SMILES string of the molecule is CC(C)(C)[Si](OC1CN(c2nc(C(=O)N3CC(N=[N+]=[N-])C3)cs2)C1)(c1ccccc1)c1ccccc1. The van der Waals surface area contributed by atoms with Crippen LogP contribution in [0.5, 0.6) is 0 Å². The van der Waals surface area contributed by atoms with Crippen molar-refractivity contribution in [2.24, 2.45) is 5.11 Å². The molecule has 5 rings (SSSR count). The first-order valence-corrected chi connectivity index (χ1v) is 14.9. The highest BCUT2D eigenvalue weighted by molar-refractivity contribution is 7.14. The van der Waals surface area contributed by atoms with Crippen LogP contribution in [0.25, 0.3) is 10.4 Å². The molecule has 0 radical (unpaired) electrons. The Balaban J connectivity index is 1.31. The summed E-state index contributed by atoms with van der Waals surface area (Å²) in [7, 11) is -2.59. The van der Waals surface area contributed by atoms with Crippen molar-refractivity contribution >= 4 is 41.1 Å². The summed E-state index contributed by atoms with van der Waals surface area (Å²) in [6.07, 6.45) is 0.0827. The van der Waals surface area contributed by atoms with Crippen molar-refractivity contribution in [3.05, 3.63) is 82.2 Å². The Morgan fingerprint density at radius 2 is 1.64 bits per heavy atom. The van der Waals surface area contributed by atoms with Gasteiger partial charge in [-0.05, 0) is 20.9 Å². The van der Waals surface area contributed by atoms with Gasteiger partial charge in [-0.1, -0.05) is 86.5 Å². The van der Waals surface area contributed by atoms with E-state index in [4.69, 9.17) is 9.96 Å². The van der Waals surface area contributed by atoms with Crippen LogP contribution >= 0.6 is 11.3 Å². The number of nitrogens with zero attached hydrogens (tertiary/aromatic N) is 6. The third-order valence-corrected chi connectivity index (χ3v) is 12.9. The zero-order chi connectivity index (χ0) is 25.3. The van der Waals surface area contributed by atoms with Gasteiger partial charge >= 0.3 is 0 Å². The molecular weight excluding hydrogens is 488 g/mol. The van der Waals surface area contributed by atoms with Crippen LogP contribution in [-0.4, -0.2) is 62.4 Å². The highest BCUT2D eigenvalue weighted by Gasteiger charge is 2.52. The van der Waals surface area contributed by atoms with Crippen LogP contribution in [0.1, 0.15) is 31.3 Å². The van der Waals surface area contributed by atoms with E-state index >= 15 is 0 Å². The highest BCUT2D eigenvalue weighted by Crippen LogP contribution is 2.39. The maximum atomic E-state index is 12.7. The Labute approximate surface area is 216 Å². The lowest BCUT2D eigenvalue weighted by atomic mass is 10.1. The number of carbonyl (C=O) groups excluding carboxylic acids is 1. The molecular formula is C26H30N6O2SSi. The van der Waals surface area contributed by atoms with Crippen LogP contribution in [0.2, 0.25) is 5.04 Å². The van der Waals surface area contributed by atoms with E-state index < -0.39 is 8.32 Å². The number of hydrogen-bond acceptors (Lipinski definition) is 6. The maximum absolute atomic E-state index is 12.7. The van der Waals surface area contributed by atoms with Crippen LogP contribution in [0.4, 0.5) is 5.13 Å². The molecule has 0 spiro atoms. The zero-order valence-corrected chi connectivity index (χ0v) is 22.6. The van der Waals surface area contributed by atoms with Gasteiger partial charge in [0.25, 0.3) is 14.2 Å². The lowest BCUT2D eigenvalue weighted by molar-refractivity contribution is 0.0603. The monoisotopic (exact) mass is 518 g/mol. The first-order valence-electron chi connectivity index (χ1n) is 12.1. The lowest BCUT2D eigenvalue weighted by Crippen LogP contribution is -2.70. The van der Waals surface area contributed by atoms with Crippen LogP contribution in [0.15, 0.2) is 71.2 Å². The van der Waals surface area contributed by atoms with Crippen molar-refractivity contribution in [3.63, 3.8) is 0 Å². The standard InChI is InChI=1S/C26H30N6O2SSi/c1-26(2,3)36(21-10-6-4-7-11-21,22-12-8-5-9-13-22)34-20-16-32(17-20)25-28-23(18-35-25)24(33)31-14-19(15-31)29-30-27/h4-13,18-20H,14-17H2,1-3H3. The summed E-state index contributed by atoms with van der Waals surface area (Å²) in [6, 6.07) is 21.2. The fraction of sp³-hybridized carbons (Fsp3) is 0.385. The number of amides is 1. The number of thiazole rings is 1. The molecule has 10 heteroatoms. The predicted molar refractivity (Wildman–Crippen MR) is 146 cm³/mol. The molecule has 3 heterocycles. The van der Waals surface area contributed by atoms with Gasteiger partial charge in [0, 0.05) is 36.5 Å². The Bertz CT molecular complexity index is 1220. The summed E-state index contributed by atoms with van der Waals surface area (Å²) in [5.74, 6) is -0.109. The quantitative estimate of drug-likeness (QED) is 0.204. The van der Waals surface area contributed by atoms with Crippen molar-refractivity contribution in [3.8, 4) is 0 Å². The van der Waals surface area contributed by atoms with Gasteiger partial charge in [-0.2, -0.15) is 0 Å². The molecule has 0 saturated carbocycles. The number of anilines is 1. The summed E-state index contributed by atoms with van der Waals surface area (Å²) in [4.78, 5) is 24.0. The van der Waals surface area contributed by atoms with Gasteiger partial charge in [0.2, 0.25) is 0 Å². The second-order valence-corrected chi connectivity index (χ2v) is 15.5. The Morgan fingerprint density at radius 1 is 1.06 bits per heavy atom. The molecule has 36 heavy (non-hydrogen) atoms. The molecule has 2 aliphatic rings. The van der Waals surface area contributed by atoms with E-state index in [0.29, 0.717) is 18.8 Å². The fourth-order valence-electron chi connectivity index (χ4n) is 5.05. The second kappa shape index (κ2) is 9.70. The van der Waals surface area contributed by atoms with Gasteiger partial charge in [0.15, 0.2) is 5.13 Å². The van der Waals surface area contributed by atoms with E-state index in [1.54, 1.807) is 4.90 Å². The van der Waals surface area contributed by atoms with E-state index in [1.165, 1.54) is 21.7 Å². The van der Waals surface area contributed by atoms with E-state index in [2.05, 4.69) is 101 Å². The molecule has 1 aromatic heterocycles. The molecule has 0 bridgehead atoms. The number of benzene rings is 2. The molecule has 3 aromatic rings. The van der Waals surface area contributed by atoms with Gasteiger partial charge in [-0.3, -0.25) is 4.79 Å². The van der Waals surface area contributed by atoms with E-state index in [9.17, 15) is 4.79 Å². The number of aromatic nitrogens is 1. The van der Waals surface area contributed by atoms with Gasteiger partial charge in [-0.25, -0.2) is 4.98 Å². The van der Waals surface area contributed by atoms with Gasteiger partial charge in [0.05, 0.1) is 12.1 Å². The smallest absolute Gasteiger partial charge is 0.273 e. The molecule has 2 fully saturated rings. The maximum Gasteiger partial charge on any atom is 0.273 e. The summed E-state index contributed by atoms with van der Waals surface area (Å²) in [5.41, 5.74) is 8.99. The molecule has 8 nitrogen and oxygen atoms in total. The van der Waals surface area contributed by atoms with Crippen LogP contribution in [0.3, 0.4) is 0 Å². The Morgan fingerprint density at radius 3 is 2.17 bits per heavy atom. The molecule has 2 aliphatic heterocycles. The number of carbonyl (C=O) groups is 1. The first-order chi connectivity index (χ1) is 17.3. The van der Waals surface area contributed by atoms with Crippen molar-refractivity contribution < 1.29 is 9.22 Å². The van der Waals surface area contributed by atoms with Gasteiger partial charge in [0.1, 0.15) is 5.69 Å². The number of likely N-dealkylation sites (tertiary alicyclic amines) is 1. The number of rotatable bonds is 7. The first kappa shape index (κ1) is 24.5. The summed E-state index contributed by atoms with van der Waals surface area (Å²) >= 11 is 1.48. The predicted octanol–water partition coefficient (Wildman–Crippen LogP) is 4.04. The van der Waals surface area contributed by atoms with Crippen molar-refractivity contribution in [1.29, 1.82) is 0 Å². The molecule has 0 unspecified atom stereocenters. The summed E-state index contributed by atoms with van der Waals surface area (Å²) in [5, 5.41) is 8.80. The average Bonchev–Trinajstić information content (AvgIpc) is 3.30.